The minimum atomic E-state index is -0.203. The van der Waals surface area contributed by atoms with Crippen LogP contribution < -0.4 is 20.4 Å². The van der Waals surface area contributed by atoms with Crippen LogP contribution in [-0.2, 0) is 9.53 Å². The van der Waals surface area contributed by atoms with Gasteiger partial charge in [-0.05, 0) is 50.9 Å². The molecule has 1 aromatic heterocycles. The van der Waals surface area contributed by atoms with E-state index in [0.717, 1.165) is 69.2 Å². The molecular weight excluding hydrogens is 468 g/mol. The molecule has 198 valence electrons. The van der Waals surface area contributed by atoms with Crippen LogP contribution in [0.3, 0.4) is 0 Å². The Balaban J connectivity index is 1.25. The second-order valence-electron chi connectivity index (χ2n) is 10.2. The third-order valence-electron chi connectivity index (χ3n) is 7.76. The van der Waals surface area contributed by atoms with Gasteiger partial charge >= 0.3 is 0 Å². The fourth-order valence-electron chi connectivity index (χ4n) is 5.71. The van der Waals surface area contributed by atoms with E-state index in [2.05, 4.69) is 25.4 Å². The SMILES string of the molecule is CC1C(=O)N(C)c2cnc(Nc3cccc(C(=O)NCCCN4CCOCC4)c3)cc2N1C1CCCC1. The summed E-state index contributed by atoms with van der Waals surface area (Å²) in [7, 11) is 1.82. The molecule has 2 N–H and O–H groups in total. The standard InChI is InChI=1S/C28H38N6O3/c1-20-28(36)32(2)25-19-30-26(18-24(25)34(20)23-9-3-4-10-23)31-22-8-5-7-21(17-22)27(35)29-11-6-12-33-13-15-37-16-14-33/h5,7-8,17-20,23H,3-4,6,9-16H2,1-2H3,(H,29,35)(H,30,31). The van der Waals surface area contributed by atoms with E-state index in [9.17, 15) is 9.59 Å². The summed E-state index contributed by atoms with van der Waals surface area (Å²) in [6, 6.07) is 9.69. The maximum Gasteiger partial charge on any atom is 0.251 e. The zero-order chi connectivity index (χ0) is 25.8. The highest BCUT2D eigenvalue weighted by molar-refractivity contribution is 6.05. The van der Waals surface area contributed by atoms with Gasteiger partial charge in [0.25, 0.3) is 5.91 Å². The van der Waals surface area contributed by atoms with Gasteiger partial charge in [-0.1, -0.05) is 18.9 Å². The zero-order valence-corrected chi connectivity index (χ0v) is 21.9. The summed E-state index contributed by atoms with van der Waals surface area (Å²) in [5.74, 6) is 0.718. The van der Waals surface area contributed by atoms with Gasteiger partial charge in [-0.3, -0.25) is 14.5 Å². The largest absolute Gasteiger partial charge is 0.379 e. The van der Waals surface area contributed by atoms with Gasteiger partial charge < -0.3 is 25.2 Å². The Labute approximate surface area is 219 Å². The average molecular weight is 507 g/mol. The molecule has 3 aliphatic rings. The van der Waals surface area contributed by atoms with E-state index in [1.165, 1.54) is 12.8 Å². The molecule has 9 nitrogen and oxygen atoms in total. The fourth-order valence-corrected chi connectivity index (χ4v) is 5.71. The van der Waals surface area contributed by atoms with Gasteiger partial charge in [0.1, 0.15) is 11.9 Å². The number of rotatable bonds is 8. The van der Waals surface area contributed by atoms with Crippen molar-refractivity contribution in [2.45, 2.75) is 51.1 Å². The quantitative estimate of drug-likeness (QED) is 0.531. The van der Waals surface area contributed by atoms with Crippen molar-refractivity contribution in [3.05, 3.63) is 42.1 Å². The molecule has 1 aromatic carbocycles. The minimum Gasteiger partial charge on any atom is -0.379 e. The molecule has 2 fully saturated rings. The van der Waals surface area contributed by atoms with Crippen LogP contribution in [0.25, 0.3) is 0 Å². The number of carbonyl (C=O) groups is 2. The van der Waals surface area contributed by atoms with Crippen molar-refractivity contribution >= 4 is 34.7 Å². The van der Waals surface area contributed by atoms with Crippen LogP contribution in [0.5, 0.6) is 0 Å². The highest BCUT2D eigenvalue weighted by atomic mass is 16.5. The lowest BCUT2D eigenvalue weighted by molar-refractivity contribution is -0.119. The number of anilines is 4. The van der Waals surface area contributed by atoms with Crippen molar-refractivity contribution in [1.29, 1.82) is 0 Å². The van der Waals surface area contributed by atoms with E-state index < -0.39 is 0 Å². The molecule has 37 heavy (non-hydrogen) atoms. The summed E-state index contributed by atoms with van der Waals surface area (Å²) in [6.45, 7) is 7.10. The maximum absolute atomic E-state index is 12.9. The number of ether oxygens (including phenoxy) is 1. The first-order valence-corrected chi connectivity index (χ1v) is 13.5. The second kappa shape index (κ2) is 11.5. The van der Waals surface area contributed by atoms with Crippen LogP contribution in [0.2, 0.25) is 0 Å². The van der Waals surface area contributed by atoms with Gasteiger partial charge in [0, 0.05) is 50.0 Å². The predicted molar refractivity (Wildman–Crippen MR) is 146 cm³/mol. The Hall–Kier alpha value is -3.17. The summed E-state index contributed by atoms with van der Waals surface area (Å²) in [4.78, 5) is 36.6. The first-order chi connectivity index (χ1) is 18.0. The molecule has 1 aliphatic carbocycles. The lowest BCUT2D eigenvalue weighted by Crippen LogP contribution is -2.54. The summed E-state index contributed by atoms with van der Waals surface area (Å²) in [5.41, 5.74) is 3.29. The van der Waals surface area contributed by atoms with Crippen molar-refractivity contribution in [3.63, 3.8) is 0 Å². The molecule has 1 atom stereocenters. The Morgan fingerprint density at radius 2 is 1.92 bits per heavy atom. The van der Waals surface area contributed by atoms with Crippen molar-refractivity contribution in [1.82, 2.24) is 15.2 Å². The highest BCUT2D eigenvalue weighted by Crippen LogP contribution is 2.41. The maximum atomic E-state index is 12.9. The number of morpholine rings is 1. The predicted octanol–water partition coefficient (Wildman–Crippen LogP) is 3.39. The van der Waals surface area contributed by atoms with Crippen molar-refractivity contribution in [2.24, 2.45) is 0 Å². The van der Waals surface area contributed by atoms with E-state index in [4.69, 9.17) is 4.74 Å². The van der Waals surface area contributed by atoms with E-state index in [1.807, 2.05) is 44.3 Å². The number of benzene rings is 1. The average Bonchev–Trinajstić information content (AvgIpc) is 3.45. The Bertz CT molecular complexity index is 1110. The van der Waals surface area contributed by atoms with Gasteiger partial charge in [0.2, 0.25) is 5.91 Å². The molecule has 2 amide bonds. The molecule has 2 aromatic rings. The monoisotopic (exact) mass is 506 g/mol. The Kier molecular flexibility index (Phi) is 7.90. The molecular formula is C28H38N6O3. The number of aromatic nitrogens is 1. The lowest BCUT2D eigenvalue weighted by atomic mass is 10.0. The fraction of sp³-hybridized carbons (Fsp3) is 0.536. The molecule has 0 spiro atoms. The summed E-state index contributed by atoms with van der Waals surface area (Å²) < 4.78 is 5.39. The van der Waals surface area contributed by atoms with Crippen LogP contribution in [-0.4, -0.2) is 80.2 Å². The number of carbonyl (C=O) groups excluding carboxylic acids is 2. The van der Waals surface area contributed by atoms with Gasteiger partial charge in [-0.25, -0.2) is 4.98 Å². The first kappa shape index (κ1) is 25.5. The van der Waals surface area contributed by atoms with Gasteiger partial charge in [-0.15, -0.1) is 0 Å². The topological polar surface area (TPSA) is 90.0 Å². The third kappa shape index (κ3) is 5.72. The van der Waals surface area contributed by atoms with Crippen LogP contribution in [0.15, 0.2) is 36.5 Å². The number of fused-ring (bicyclic) bond motifs is 1. The number of likely N-dealkylation sites (N-methyl/N-ethyl adjacent to an activating group) is 1. The summed E-state index contributed by atoms with van der Waals surface area (Å²) in [6.07, 6.45) is 7.30. The Morgan fingerprint density at radius 1 is 1.14 bits per heavy atom. The molecule has 2 aliphatic heterocycles. The van der Waals surface area contributed by atoms with Crippen molar-refractivity contribution in [3.8, 4) is 0 Å². The summed E-state index contributed by atoms with van der Waals surface area (Å²) >= 11 is 0. The number of pyridine rings is 1. The van der Waals surface area contributed by atoms with Gasteiger partial charge in [0.05, 0.1) is 30.8 Å². The van der Waals surface area contributed by atoms with Crippen LogP contribution in [0.1, 0.15) is 49.4 Å². The van der Waals surface area contributed by atoms with Gasteiger partial charge in [-0.2, -0.15) is 0 Å². The first-order valence-electron chi connectivity index (χ1n) is 13.5. The number of amides is 2. The van der Waals surface area contributed by atoms with E-state index in [0.29, 0.717) is 24.0 Å². The van der Waals surface area contributed by atoms with E-state index in [1.54, 1.807) is 11.1 Å². The normalized spacial score (nSPS) is 20.7. The smallest absolute Gasteiger partial charge is 0.251 e. The number of nitrogens with zero attached hydrogens (tertiary/aromatic N) is 4. The minimum absolute atomic E-state index is 0.0783. The second-order valence-corrected chi connectivity index (χ2v) is 10.2. The molecule has 5 rings (SSSR count). The third-order valence-corrected chi connectivity index (χ3v) is 7.76. The molecule has 1 unspecified atom stereocenters. The van der Waals surface area contributed by atoms with Crippen LogP contribution in [0, 0.1) is 0 Å². The van der Waals surface area contributed by atoms with Gasteiger partial charge in [0.15, 0.2) is 0 Å². The lowest BCUT2D eigenvalue weighted by Gasteiger charge is -2.43. The van der Waals surface area contributed by atoms with Crippen LogP contribution >= 0.6 is 0 Å². The highest BCUT2D eigenvalue weighted by Gasteiger charge is 2.38. The number of hydrogen-bond acceptors (Lipinski definition) is 7. The van der Waals surface area contributed by atoms with E-state index in [-0.39, 0.29) is 17.9 Å². The number of nitrogens with one attached hydrogen (secondary N) is 2. The van der Waals surface area contributed by atoms with Crippen LogP contribution in [0.4, 0.5) is 22.9 Å². The number of hydrogen-bond donors (Lipinski definition) is 2. The summed E-state index contributed by atoms with van der Waals surface area (Å²) in [5, 5.41) is 6.41. The molecule has 0 bridgehead atoms. The molecule has 0 radical (unpaired) electrons. The molecule has 1 saturated carbocycles. The zero-order valence-electron chi connectivity index (χ0n) is 21.9. The van der Waals surface area contributed by atoms with Crippen molar-refractivity contribution in [2.75, 3.05) is 61.6 Å². The molecule has 9 heteroatoms. The molecule has 1 saturated heterocycles. The molecule has 3 heterocycles. The Morgan fingerprint density at radius 3 is 2.70 bits per heavy atom. The van der Waals surface area contributed by atoms with Crippen molar-refractivity contribution < 1.29 is 14.3 Å². The van der Waals surface area contributed by atoms with E-state index >= 15 is 0 Å².